The molecule has 5 heteroatoms. The van der Waals surface area contributed by atoms with Crippen LogP contribution in [0.1, 0.15) is 29.7 Å². The van der Waals surface area contributed by atoms with Gasteiger partial charge in [0.05, 0.1) is 5.39 Å². The van der Waals surface area contributed by atoms with Gasteiger partial charge in [-0.2, -0.15) is 4.98 Å². The molecule has 0 saturated carbocycles. The van der Waals surface area contributed by atoms with Crippen molar-refractivity contribution in [2.24, 2.45) is 0 Å². The SMILES string of the molecule is Clc1nc(N2CCCC2)c2c3c(sc2n1)CCC3. The van der Waals surface area contributed by atoms with Crippen LogP contribution in [-0.2, 0) is 12.8 Å². The maximum Gasteiger partial charge on any atom is 0.225 e. The second-order valence-electron chi connectivity index (χ2n) is 5.05. The molecule has 0 amide bonds. The summed E-state index contributed by atoms with van der Waals surface area (Å²) in [7, 11) is 0. The number of fused-ring (bicyclic) bond motifs is 3. The highest BCUT2D eigenvalue weighted by molar-refractivity contribution is 7.19. The molecule has 0 radical (unpaired) electrons. The third-order valence-corrected chi connectivity index (χ3v) is 5.28. The number of aromatic nitrogens is 2. The predicted octanol–water partition coefficient (Wildman–Crippen LogP) is 3.43. The highest BCUT2D eigenvalue weighted by Crippen LogP contribution is 2.41. The molecule has 1 aliphatic heterocycles. The van der Waals surface area contributed by atoms with Crippen LogP contribution in [0.3, 0.4) is 0 Å². The summed E-state index contributed by atoms with van der Waals surface area (Å²) in [4.78, 5) is 13.9. The van der Waals surface area contributed by atoms with Crippen molar-refractivity contribution in [1.29, 1.82) is 0 Å². The van der Waals surface area contributed by atoms with Crippen LogP contribution in [0.4, 0.5) is 5.82 Å². The number of thiophene rings is 1. The lowest BCUT2D eigenvalue weighted by atomic mass is 10.2. The van der Waals surface area contributed by atoms with Gasteiger partial charge in [0, 0.05) is 18.0 Å². The van der Waals surface area contributed by atoms with E-state index in [0.717, 1.165) is 23.7 Å². The van der Waals surface area contributed by atoms with Gasteiger partial charge in [-0.15, -0.1) is 11.3 Å². The van der Waals surface area contributed by atoms with Gasteiger partial charge in [0.2, 0.25) is 5.28 Å². The smallest absolute Gasteiger partial charge is 0.225 e. The Hall–Kier alpha value is -0.870. The molecule has 2 aromatic heterocycles. The second-order valence-corrected chi connectivity index (χ2v) is 6.47. The van der Waals surface area contributed by atoms with Crippen molar-refractivity contribution < 1.29 is 0 Å². The third kappa shape index (κ3) is 1.55. The lowest BCUT2D eigenvalue weighted by molar-refractivity contribution is 0.912. The first-order chi connectivity index (χ1) is 8.83. The Balaban J connectivity index is 1.98. The largest absolute Gasteiger partial charge is 0.356 e. The fraction of sp³-hybridized carbons (Fsp3) is 0.538. The fourth-order valence-corrected chi connectivity index (χ4v) is 4.58. The summed E-state index contributed by atoms with van der Waals surface area (Å²) in [6.45, 7) is 2.21. The minimum atomic E-state index is 0.393. The zero-order valence-corrected chi connectivity index (χ0v) is 11.7. The van der Waals surface area contributed by atoms with Gasteiger partial charge in [-0.25, -0.2) is 4.98 Å². The molecule has 1 fully saturated rings. The standard InChI is InChI=1S/C13H14ClN3S/c14-13-15-11(17-6-1-2-7-17)10-8-4-3-5-9(8)18-12(10)16-13/h1-7H2. The van der Waals surface area contributed by atoms with E-state index >= 15 is 0 Å². The number of aryl methyl sites for hydroxylation is 2. The number of hydrogen-bond acceptors (Lipinski definition) is 4. The van der Waals surface area contributed by atoms with Gasteiger partial charge in [-0.3, -0.25) is 0 Å². The molecule has 0 spiro atoms. The van der Waals surface area contributed by atoms with Crippen LogP contribution < -0.4 is 4.90 Å². The predicted molar refractivity (Wildman–Crippen MR) is 75.9 cm³/mol. The van der Waals surface area contributed by atoms with Crippen LogP contribution in [0.15, 0.2) is 0 Å². The molecule has 1 saturated heterocycles. The number of anilines is 1. The van der Waals surface area contributed by atoms with Gasteiger partial charge in [-0.1, -0.05) is 0 Å². The minimum Gasteiger partial charge on any atom is -0.356 e. The summed E-state index contributed by atoms with van der Waals surface area (Å²) in [6, 6.07) is 0. The topological polar surface area (TPSA) is 29.0 Å². The lowest BCUT2D eigenvalue weighted by Gasteiger charge is -2.17. The van der Waals surface area contributed by atoms with Crippen LogP contribution >= 0.6 is 22.9 Å². The molecule has 4 rings (SSSR count). The van der Waals surface area contributed by atoms with Crippen LogP contribution in [-0.4, -0.2) is 23.1 Å². The van der Waals surface area contributed by atoms with E-state index in [4.69, 9.17) is 11.6 Å². The van der Waals surface area contributed by atoms with Crippen molar-refractivity contribution in [3.8, 4) is 0 Å². The summed E-state index contributed by atoms with van der Waals surface area (Å²) in [5.41, 5.74) is 1.49. The molecular weight excluding hydrogens is 266 g/mol. The van der Waals surface area contributed by atoms with Crippen LogP contribution in [0.25, 0.3) is 10.2 Å². The van der Waals surface area contributed by atoms with E-state index in [9.17, 15) is 0 Å². The molecule has 94 valence electrons. The molecule has 0 unspecified atom stereocenters. The molecule has 18 heavy (non-hydrogen) atoms. The molecule has 0 aromatic carbocycles. The Bertz CT molecular complexity index is 616. The normalized spacial score (nSPS) is 18.8. The maximum atomic E-state index is 6.08. The Labute approximate surface area is 115 Å². The third-order valence-electron chi connectivity index (χ3n) is 3.92. The molecule has 2 aliphatic rings. The highest BCUT2D eigenvalue weighted by Gasteiger charge is 2.25. The van der Waals surface area contributed by atoms with Crippen molar-refractivity contribution in [3.63, 3.8) is 0 Å². The van der Waals surface area contributed by atoms with E-state index in [0.29, 0.717) is 5.28 Å². The van der Waals surface area contributed by atoms with Gasteiger partial charge in [-0.05, 0) is 49.3 Å². The van der Waals surface area contributed by atoms with Crippen LogP contribution in [0.2, 0.25) is 5.28 Å². The highest BCUT2D eigenvalue weighted by atomic mass is 35.5. The zero-order chi connectivity index (χ0) is 12.1. The molecule has 0 atom stereocenters. The first kappa shape index (κ1) is 11.0. The van der Waals surface area contributed by atoms with E-state index < -0.39 is 0 Å². The summed E-state index contributed by atoms with van der Waals surface area (Å²) in [6.07, 6.45) is 6.18. The Kier molecular flexibility index (Phi) is 2.49. The maximum absolute atomic E-state index is 6.08. The van der Waals surface area contributed by atoms with E-state index in [1.165, 1.54) is 47.9 Å². The van der Waals surface area contributed by atoms with E-state index in [2.05, 4.69) is 14.9 Å². The number of rotatable bonds is 1. The molecule has 0 bridgehead atoms. The van der Waals surface area contributed by atoms with E-state index in [1.54, 1.807) is 0 Å². The van der Waals surface area contributed by atoms with Crippen molar-refractivity contribution in [2.45, 2.75) is 32.1 Å². The summed E-state index contributed by atoms with van der Waals surface area (Å²) in [5.74, 6) is 1.09. The van der Waals surface area contributed by atoms with Crippen molar-refractivity contribution in [1.82, 2.24) is 9.97 Å². The molecule has 0 N–H and O–H groups in total. The minimum absolute atomic E-state index is 0.393. The van der Waals surface area contributed by atoms with Gasteiger partial charge < -0.3 is 4.90 Å². The van der Waals surface area contributed by atoms with Gasteiger partial charge in [0.1, 0.15) is 10.6 Å². The average Bonchev–Trinajstić information content (AvgIpc) is 3.03. The summed E-state index contributed by atoms with van der Waals surface area (Å²) < 4.78 is 0. The van der Waals surface area contributed by atoms with E-state index in [-0.39, 0.29) is 0 Å². The van der Waals surface area contributed by atoms with Gasteiger partial charge >= 0.3 is 0 Å². The molecule has 2 aromatic rings. The first-order valence-corrected chi connectivity index (χ1v) is 7.75. The Morgan fingerprint density at radius 1 is 1.06 bits per heavy atom. The number of nitrogens with zero attached hydrogens (tertiary/aromatic N) is 3. The van der Waals surface area contributed by atoms with Crippen LogP contribution in [0, 0.1) is 0 Å². The van der Waals surface area contributed by atoms with Crippen LogP contribution in [0.5, 0.6) is 0 Å². The zero-order valence-electron chi connectivity index (χ0n) is 10.1. The molecule has 3 nitrogen and oxygen atoms in total. The van der Waals surface area contributed by atoms with Crippen molar-refractivity contribution >= 4 is 39.0 Å². The van der Waals surface area contributed by atoms with E-state index in [1.807, 2.05) is 11.3 Å². The lowest BCUT2D eigenvalue weighted by Crippen LogP contribution is -2.19. The summed E-state index contributed by atoms with van der Waals surface area (Å²) >= 11 is 7.89. The van der Waals surface area contributed by atoms with Crippen molar-refractivity contribution in [3.05, 3.63) is 15.7 Å². The Morgan fingerprint density at radius 3 is 2.72 bits per heavy atom. The number of halogens is 1. The first-order valence-electron chi connectivity index (χ1n) is 6.55. The number of hydrogen-bond donors (Lipinski definition) is 0. The monoisotopic (exact) mass is 279 g/mol. The van der Waals surface area contributed by atoms with Gasteiger partial charge in [0.15, 0.2) is 0 Å². The van der Waals surface area contributed by atoms with Crippen molar-refractivity contribution in [2.75, 3.05) is 18.0 Å². The van der Waals surface area contributed by atoms with Gasteiger partial charge in [0.25, 0.3) is 0 Å². The Morgan fingerprint density at radius 2 is 1.89 bits per heavy atom. The quantitative estimate of drug-likeness (QED) is 0.749. The average molecular weight is 280 g/mol. The summed E-state index contributed by atoms with van der Waals surface area (Å²) in [5, 5.41) is 1.68. The second kappa shape index (κ2) is 4.07. The molecule has 1 aliphatic carbocycles. The fourth-order valence-electron chi connectivity index (χ4n) is 3.11. The molecule has 3 heterocycles. The molecular formula is C13H14ClN3S.